The summed E-state index contributed by atoms with van der Waals surface area (Å²) in [5.74, 6) is -4.86. The van der Waals surface area contributed by atoms with Crippen LogP contribution in [0.4, 0.5) is 11.4 Å². The van der Waals surface area contributed by atoms with Crippen molar-refractivity contribution in [3.63, 3.8) is 0 Å². The molecule has 13 aromatic rings. The van der Waals surface area contributed by atoms with Crippen molar-refractivity contribution in [2.75, 3.05) is 9.80 Å². The van der Waals surface area contributed by atoms with E-state index in [0.29, 0.717) is 45.0 Å². The molecule has 15 rings (SSSR count). The summed E-state index contributed by atoms with van der Waals surface area (Å²) in [5.41, 5.74) is -0.608. The van der Waals surface area contributed by atoms with Gasteiger partial charge in [0.05, 0.1) is 45.3 Å². The summed E-state index contributed by atoms with van der Waals surface area (Å²) in [5, 5.41) is 24.0. The number of hydrogen-bond acceptors (Lipinski definition) is 12. The van der Waals surface area contributed by atoms with Crippen LogP contribution in [0.2, 0.25) is 0 Å². The molecule has 0 atom stereocenters. The molecule has 0 radical (unpaired) electrons. The maximum Gasteiger partial charge on any atom is 0.268 e. The molecule has 80 heavy (non-hydrogen) atoms. The normalized spacial score (nSPS) is 13.3. The zero-order valence-electron chi connectivity index (χ0n) is 41.3. The van der Waals surface area contributed by atoms with E-state index in [2.05, 4.69) is 0 Å². The van der Waals surface area contributed by atoms with Crippen molar-refractivity contribution in [2.45, 2.75) is 0 Å². The number of imide groups is 2. The largest absolute Gasteiger partial charge is 0.503 e. The number of carbonyl (C=O) groups excluding carboxylic acids is 4. The molecule has 0 bridgehead atoms. The second-order valence-electron chi connectivity index (χ2n) is 19.8. The molecule has 0 saturated carbocycles. The molecule has 14 nitrogen and oxygen atoms in total. The van der Waals surface area contributed by atoms with Crippen molar-refractivity contribution in [1.82, 2.24) is 9.97 Å². The Kier molecular flexibility index (Phi) is 9.51. The number of rotatable bonds is 8. The average molecular weight is 1040 g/mol. The Morgan fingerprint density at radius 3 is 0.887 bits per heavy atom. The molecule has 0 unspecified atom stereocenters. The first kappa shape index (κ1) is 46.0. The summed E-state index contributed by atoms with van der Waals surface area (Å²) < 4.78 is 0. The molecule has 4 heterocycles. The van der Waals surface area contributed by atoms with Crippen LogP contribution in [0.25, 0.3) is 110 Å². The third-order valence-electron chi connectivity index (χ3n) is 15.6. The molecule has 0 aliphatic carbocycles. The number of aromatic nitrogens is 2. The van der Waals surface area contributed by atoms with Crippen LogP contribution in [-0.4, -0.2) is 43.8 Å². The second-order valence-corrected chi connectivity index (χ2v) is 19.8. The van der Waals surface area contributed by atoms with Gasteiger partial charge in [-0.3, -0.25) is 38.4 Å². The fourth-order valence-electron chi connectivity index (χ4n) is 11.9. The van der Waals surface area contributed by atoms with Gasteiger partial charge in [0.25, 0.3) is 34.5 Å². The first-order valence-corrected chi connectivity index (χ1v) is 25.2. The summed E-state index contributed by atoms with van der Waals surface area (Å²) >= 11 is 0. The van der Waals surface area contributed by atoms with E-state index in [4.69, 9.17) is 9.97 Å². The summed E-state index contributed by atoms with van der Waals surface area (Å²) in [4.78, 5) is 127. The molecule has 11 aromatic carbocycles. The molecule has 0 spiro atoms. The van der Waals surface area contributed by atoms with E-state index in [1.165, 1.54) is 24.3 Å². The predicted octanol–water partition coefficient (Wildman–Crippen LogP) is 10.7. The van der Waals surface area contributed by atoms with Crippen LogP contribution >= 0.6 is 0 Å². The molecule has 4 amide bonds. The Labute approximate surface area is 449 Å². The maximum absolute atomic E-state index is 15.5. The number of pyridine rings is 2. The predicted molar refractivity (Wildman–Crippen MR) is 304 cm³/mol. The number of anilines is 2. The minimum Gasteiger partial charge on any atom is -0.503 e. The van der Waals surface area contributed by atoms with Gasteiger partial charge in [0.15, 0.2) is 11.5 Å². The van der Waals surface area contributed by atoms with Gasteiger partial charge in [-0.05, 0) is 92.0 Å². The van der Waals surface area contributed by atoms with Crippen LogP contribution in [0.5, 0.6) is 11.5 Å². The summed E-state index contributed by atoms with van der Waals surface area (Å²) in [7, 11) is 0. The monoisotopic (exact) mass is 1040 g/mol. The van der Waals surface area contributed by atoms with Crippen molar-refractivity contribution in [3.8, 4) is 78.8 Å². The molecule has 2 aliphatic rings. The van der Waals surface area contributed by atoms with Crippen molar-refractivity contribution < 1.29 is 29.4 Å². The van der Waals surface area contributed by atoms with Gasteiger partial charge in [-0.2, -0.15) is 0 Å². The van der Waals surface area contributed by atoms with Crippen LogP contribution in [-0.2, 0) is 0 Å². The summed E-state index contributed by atoms with van der Waals surface area (Å²) in [6.45, 7) is 0. The minimum absolute atomic E-state index is 0.0374. The number of nitrogens with zero attached hydrogens (tertiary/aromatic N) is 4. The fourth-order valence-corrected chi connectivity index (χ4v) is 11.9. The van der Waals surface area contributed by atoms with Gasteiger partial charge in [-0.1, -0.05) is 133 Å². The molecular weight excluding hydrogens is 1010 g/mol. The van der Waals surface area contributed by atoms with E-state index in [1.54, 1.807) is 36.4 Å². The van der Waals surface area contributed by atoms with Gasteiger partial charge in [-0.25, -0.2) is 19.8 Å². The van der Waals surface area contributed by atoms with Crippen LogP contribution in [0.15, 0.2) is 201 Å². The molecule has 2 aliphatic heterocycles. The van der Waals surface area contributed by atoms with Crippen LogP contribution < -0.4 is 31.5 Å². The van der Waals surface area contributed by atoms with Gasteiger partial charge >= 0.3 is 0 Å². The number of hydrogen-bond donors (Lipinski definition) is 2. The first-order chi connectivity index (χ1) is 38.9. The molecule has 0 saturated heterocycles. The van der Waals surface area contributed by atoms with E-state index in [-0.39, 0.29) is 87.8 Å². The fraction of sp³-hybridized carbons (Fsp3) is 0. The molecule has 2 N–H and O–H groups in total. The van der Waals surface area contributed by atoms with Crippen LogP contribution in [0.1, 0.15) is 41.4 Å². The van der Waals surface area contributed by atoms with Gasteiger partial charge < -0.3 is 10.2 Å². The van der Waals surface area contributed by atoms with Crippen LogP contribution in [0, 0.1) is 0 Å². The quantitative estimate of drug-likeness (QED) is 0.0630. The number of fused-ring (bicyclic) bond motifs is 2. The second kappa shape index (κ2) is 16.6. The van der Waals surface area contributed by atoms with Gasteiger partial charge in [0.2, 0.25) is 10.9 Å². The van der Waals surface area contributed by atoms with E-state index >= 15 is 19.2 Å². The Morgan fingerprint density at radius 1 is 0.287 bits per heavy atom. The third kappa shape index (κ3) is 6.23. The van der Waals surface area contributed by atoms with Gasteiger partial charge in [0, 0.05) is 55.3 Å². The van der Waals surface area contributed by atoms with Gasteiger partial charge in [0.1, 0.15) is 0 Å². The minimum atomic E-state index is -1.17. The Bertz CT molecular complexity index is 4700. The molecular formula is C66H32N4O10. The molecule has 14 heteroatoms. The van der Waals surface area contributed by atoms with E-state index in [9.17, 15) is 29.4 Å². The number of amides is 4. The Balaban J connectivity index is 1.01. The number of carbonyl (C=O) groups is 4. The highest BCUT2D eigenvalue weighted by molar-refractivity contribution is 6.48. The lowest BCUT2D eigenvalue weighted by Gasteiger charge is -2.32. The zero-order valence-corrected chi connectivity index (χ0v) is 41.3. The molecule has 0 fully saturated rings. The van der Waals surface area contributed by atoms with Crippen LogP contribution in [0.3, 0.4) is 0 Å². The zero-order chi connectivity index (χ0) is 54.6. The standard InChI is InChI=1S/C66H32N4O10/c71-57-55(58(72)61(57)75)41-29-43-51-39(63(77)69(65(43)79)35-25-45(31-13-5-1-6-14-31)67-46(26-35)32-15-7-2-8-16-32)23-21-37-50-42(56-59(73)62(76)60(56)74)30-44-52-40(24-22-38(54(50)52)49(41)53(37)51)64(78)70(66(44)80)36-27-47(33-17-9-3-10-18-33)68-48(28-36)34-19-11-4-12-20-34/h1-30,71,73H. The van der Waals surface area contributed by atoms with Crippen molar-refractivity contribution in [3.05, 3.63) is 245 Å². The lowest BCUT2D eigenvalue weighted by molar-refractivity contribution is 0.0877. The summed E-state index contributed by atoms with van der Waals surface area (Å²) in [6.07, 6.45) is 0. The van der Waals surface area contributed by atoms with E-state index < -0.39 is 68.0 Å². The van der Waals surface area contributed by atoms with E-state index in [0.717, 1.165) is 9.80 Å². The number of aromatic hydroxyl groups is 2. The summed E-state index contributed by atoms with van der Waals surface area (Å²) in [6, 6.07) is 52.2. The lowest BCUT2D eigenvalue weighted by atomic mass is 9.77. The molecule has 376 valence electrons. The third-order valence-corrected chi connectivity index (χ3v) is 15.6. The highest BCUT2D eigenvalue weighted by Crippen LogP contribution is 2.53. The van der Waals surface area contributed by atoms with Crippen molar-refractivity contribution >= 4 is 78.1 Å². The Morgan fingerprint density at radius 2 is 0.588 bits per heavy atom. The first-order valence-electron chi connectivity index (χ1n) is 25.2. The molecule has 2 aromatic heterocycles. The SMILES string of the molecule is O=C1c2ccc3c4c(-c5c(O)c(=O)c5=O)cc5c6c(ccc(c7c(-c8c(O)c(=O)c8=O)cc(c2c37)C(=O)N1c1cc(-c2ccccc2)nc(-c2ccccc2)c1)c64)C(=O)N(c1cc(-c2ccccc2)nc(-c2ccccc2)c1)C5=O. The highest BCUT2D eigenvalue weighted by atomic mass is 16.3. The van der Waals surface area contributed by atoms with E-state index in [1.807, 2.05) is 121 Å². The maximum atomic E-state index is 15.5. The van der Waals surface area contributed by atoms with Crippen molar-refractivity contribution in [2.24, 2.45) is 0 Å². The highest BCUT2D eigenvalue weighted by Gasteiger charge is 2.42. The lowest BCUT2D eigenvalue weighted by Crippen LogP contribution is -2.41. The van der Waals surface area contributed by atoms with Gasteiger partial charge in [-0.15, -0.1) is 0 Å². The topological polar surface area (TPSA) is 209 Å². The number of benzene rings is 9. The smallest absolute Gasteiger partial charge is 0.268 e. The average Bonchev–Trinajstić information content (AvgIpc) is 3.48. The Hall–Kier alpha value is -11.4. The van der Waals surface area contributed by atoms with Crippen molar-refractivity contribution in [1.29, 1.82) is 0 Å².